The lowest BCUT2D eigenvalue weighted by Gasteiger charge is -2.28. The van der Waals surface area contributed by atoms with Crippen LogP contribution in [0.1, 0.15) is 18.6 Å². The van der Waals surface area contributed by atoms with Crippen molar-refractivity contribution in [3.8, 4) is 0 Å². The van der Waals surface area contributed by atoms with E-state index in [1.807, 2.05) is 32.2 Å². The Morgan fingerprint density at radius 1 is 1.31 bits per heavy atom. The third-order valence-corrected chi connectivity index (χ3v) is 5.71. The van der Waals surface area contributed by atoms with Gasteiger partial charge in [0.25, 0.3) is 0 Å². The van der Waals surface area contributed by atoms with E-state index in [9.17, 15) is 13.2 Å². The number of piperidine rings is 1. The van der Waals surface area contributed by atoms with E-state index in [2.05, 4.69) is 29.5 Å². The minimum Gasteiger partial charge on any atom is -0.461 e. The second kappa shape index (κ2) is 11.4. The number of aliphatic imine (C=N–C) groups is 1. The predicted molar refractivity (Wildman–Crippen MR) is 119 cm³/mol. The van der Waals surface area contributed by atoms with E-state index in [1.165, 1.54) is 10.6 Å². The number of aryl methyl sites for hydroxylation is 1. The molecular weight excluding hydrogens is 392 g/mol. The van der Waals surface area contributed by atoms with Crippen LogP contribution in [0.2, 0.25) is 0 Å². The van der Waals surface area contributed by atoms with Gasteiger partial charge < -0.3 is 15.5 Å². The monoisotopic (exact) mass is 422 g/mol. The molecule has 3 rings (SSSR count). The molecule has 0 atom stereocenters. The zero-order valence-corrected chi connectivity index (χ0v) is 18.0. The average Bonchev–Trinajstić information content (AvgIpc) is 3.08. The minimum absolute atomic E-state index is 0.192. The molecule has 3 N–H and O–H groups in total. The summed E-state index contributed by atoms with van der Waals surface area (Å²) in [5.74, 6) is 0.506. The number of nitrogens with zero attached hydrogens (tertiary/aromatic N) is 2. The Kier molecular flexibility index (Phi) is 9.57. The number of furan rings is 1. The van der Waals surface area contributed by atoms with Crippen LogP contribution in [0.15, 0.2) is 46.8 Å². The molecule has 1 aliphatic heterocycles. The molecule has 160 valence electrons. The van der Waals surface area contributed by atoms with Crippen molar-refractivity contribution in [3.63, 3.8) is 0 Å². The van der Waals surface area contributed by atoms with Crippen LogP contribution in [-0.2, 0) is 14.8 Å². The van der Waals surface area contributed by atoms with Crippen LogP contribution in [0.3, 0.4) is 0 Å². The summed E-state index contributed by atoms with van der Waals surface area (Å²) in [5, 5.41) is 4.24. The van der Waals surface area contributed by atoms with Gasteiger partial charge in [-0.25, -0.2) is 17.7 Å². The molecule has 0 aliphatic carbocycles. The number of sulfonamides is 1. The average molecular weight is 423 g/mol. The van der Waals surface area contributed by atoms with Crippen LogP contribution < -0.4 is 11.1 Å². The molecule has 0 spiro atoms. The van der Waals surface area contributed by atoms with E-state index in [0.29, 0.717) is 25.9 Å². The van der Waals surface area contributed by atoms with Crippen molar-refractivity contribution in [3.05, 3.63) is 43.2 Å². The first-order valence-electron chi connectivity index (χ1n) is 9.15. The van der Waals surface area contributed by atoms with Gasteiger partial charge in [0.05, 0.1) is 12.6 Å². The third kappa shape index (κ3) is 7.35. The Bertz CT molecular complexity index is 929. The molecule has 0 saturated carbocycles. The Labute approximate surface area is 172 Å². The number of carbonyl (C=O) groups is 1. The minimum atomic E-state index is -3.13. The van der Waals surface area contributed by atoms with Crippen LogP contribution in [-0.4, -0.2) is 51.4 Å². The van der Waals surface area contributed by atoms with Crippen molar-refractivity contribution in [1.29, 1.82) is 0 Å². The lowest BCUT2D eigenvalue weighted by molar-refractivity contribution is -0.122. The topological polar surface area (TPSA) is 118 Å². The van der Waals surface area contributed by atoms with Crippen LogP contribution in [0.25, 0.3) is 11.0 Å². The second-order valence-electron chi connectivity index (χ2n) is 6.41. The predicted octanol–water partition coefficient (Wildman–Crippen LogP) is 2.76. The number of hydrogen-bond acceptors (Lipinski definition) is 5. The molecule has 1 aliphatic rings. The molecule has 8 nitrogen and oxygen atoms in total. The van der Waals surface area contributed by atoms with Crippen molar-refractivity contribution < 1.29 is 17.6 Å². The van der Waals surface area contributed by atoms with Gasteiger partial charge in [-0.3, -0.25) is 4.79 Å². The molecule has 0 radical (unpaired) electrons. The van der Waals surface area contributed by atoms with Gasteiger partial charge in [0.2, 0.25) is 15.9 Å². The largest absolute Gasteiger partial charge is 0.461 e. The lowest BCUT2D eigenvalue weighted by atomic mass is 9.98. The number of benzene rings is 1. The molecule has 1 amide bonds. The molecule has 1 saturated heterocycles. The molecular formula is C20H30N4O4S. The van der Waals surface area contributed by atoms with Crippen LogP contribution in [0, 0.1) is 12.8 Å². The van der Waals surface area contributed by atoms with Gasteiger partial charge in [0.15, 0.2) is 0 Å². The second-order valence-corrected chi connectivity index (χ2v) is 8.39. The Balaban J connectivity index is 0.000000272. The summed E-state index contributed by atoms with van der Waals surface area (Å²) < 4.78 is 29.2. The maximum atomic E-state index is 11.3. The van der Waals surface area contributed by atoms with E-state index in [4.69, 9.17) is 10.2 Å². The normalized spacial score (nSPS) is 15.3. The number of carbonyl (C=O) groups excluding carboxylic acids is 1. The van der Waals surface area contributed by atoms with Crippen molar-refractivity contribution in [1.82, 2.24) is 4.31 Å². The van der Waals surface area contributed by atoms with E-state index >= 15 is 0 Å². The van der Waals surface area contributed by atoms with Gasteiger partial charge in [-0.2, -0.15) is 0 Å². The highest BCUT2D eigenvalue weighted by Crippen LogP contribution is 2.22. The van der Waals surface area contributed by atoms with E-state index in [1.54, 1.807) is 0 Å². The number of nitrogens with one attached hydrogen (secondary N) is 1. The van der Waals surface area contributed by atoms with Crippen LogP contribution >= 0.6 is 0 Å². The molecule has 9 heteroatoms. The molecule has 2 aromatic rings. The Morgan fingerprint density at radius 2 is 1.93 bits per heavy atom. The highest BCUT2D eigenvalue weighted by Gasteiger charge is 2.28. The van der Waals surface area contributed by atoms with Crippen molar-refractivity contribution >= 4 is 38.9 Å². The van der Waals surface area contributed by atoms with Gasteiger partial charge >= 0.3 is 0 Å². The van der Waals surface area contributed by atoms with Gasteiger partial charge in [0.1, 0.15) is 11.3 Å². The summed E-state index contributed by atoms with van der Waals surface area (Å²) >= 11 is 0. The molecule has 29 heavy (non-hydrogen) atoms. The molecule has 1 fully saturated rings. The molecule has 1 aromatic heterocycles. The molecule has 2 heterocycles. The number of fused-ring (bicyclic) bond motifs is 1. The van der Waals surface area contributed by atoms with Gasteiger partial charge in [-0.05, 0) is 44.0 Å². The fraction of sp³-hybridized carbons (Fsp3) is 0.400. The lowest BCUT2D eigenvalue weighted by Crippen LogP contribution is -2.39. The fourth-order valence-corrected chi connectivity index (χ4v) is 3.82. The first-order chi connectivity index (χ1) is 13.7. The number of nitrogens with two attached hydrogens (primary N) is 1. The number of rotatable bonds is 3. The van der Waals surface area contributed by atoms with Crippen molar-refractivity contribution in [2.45, 2.75) is 19.8 Å². The Hall–Kier alpha value is -2.65. The number of amides is 1. The summed E-state index contributed by atoms with van der Waals surface area (Å²) in [4.78, 5) is 14.8. The van der Waals surface area contributed by atoms with Crippen molar-refractivity contribution in [2.75, 3.05) is 31.7 Å². The summed E-state index contributed by atoms with van der Waals surface area (Å²) in [7, 11) is -1.22. The number of hydrogen-bond donors (Lipinski definition) is 2. The number of anilines is 1. The summed E-state index contributed by atoms with van der Waals surface area (Å²) in [6.45, 7) is 8.73. The smallest absolute Gasteiger partial charge is 0.250 e. The molecule has 0 bridgehead atoms. The quantitative estimate of drug-likeness (QED) is 0.446. The highest BCUT2D eigenvalue weighted by atomic mass is 32.2. The van der Waals surface area contributed by atoms with Gasteiger partial charge in [-0.1, -0.05) is 0 Å². The summed E-state index contributed by atoms with van der Waals surface area (Å²) in [6, 6.07) is 8.10. The maximum absolute atomic E-state index is 11.3. The molecule has 0 unspecified atom stereocenters. The van der Waals surface area contributed by atoms with E-state index in [0.717, 1.165) is 28.8 Å². The van der Waals surface area contributed by atoms with Gasteiger partial charge in [0, 0.05) is 37.1 Å². The highest BCUT2D eigenvalue weighted by molar-refractivity contribution is 7.88. The zero-order valence-electron chi connectivity index (χ0n) is 17.2. The van der Waals surface area contributed by atoms with E-state index in [-0.39, 0.29) is 11.8 Å². The third-order valence-electron chi connectivity index (χ3n) is 4.40. The summed E-state index contributed by atoms with van der Waals surface area (Å²) in [6.07, 6.45) is 3.19. The first kappa shape index (κ1) is 24.4. The van der Waals surface area contributed by atoms with E-state index < -0.39 is 10.0 Å². The fourth-order valence-electron chi connectivity index (χ4n) is 2.94. The standard InChI is InChI=1S/C10H11NO.C8H15N3O3S.C2H4/c1-7-5-8-6-9(11-2)3-4-10(8)12-7;1-15(13,14)11-4-2-7(3-5-11)8(12)10-6-9;1-2/h3-6,11H,1-2H3;6-7H,2-5H2,1H3,(H2,9,10,12);1-2H2. The zero-order chi connectivity index (χ0) is 22.0. The van der Waals surface area contributed by atoms with Crippen LogP contribution in [0.4, 0.5) is 5.69 Å². The first-order valence-corrected chi connectivity index (χ1v) is 11.0. The Morgan fingerprint density at radius 3 is 2.45 bits per heavy atom. The van der Waals surface area contributed by atoms with Crippen LogP contribution in [0.5, 0.6) is 0 Å². The maximum Gasteiger partial charge on any atom is 0.250 e. The SMILES string of the molecule is C=C.CNc1ccc2oc(C)cc2c1.CS(=O)(=O)N1CCC(C(=O)N=CN)CC1. The van der Waals surface area contributed by atoms with Gasteiger partial charge in [-0.15, -0.1) is 13.2 Å². The molecule has 1 aromatic carbocycles. The summed E-state index contributed by atoms with van der Waals surface area (Å²) in [5.41, 5.74) is 7.08. The van der Waals surface area contributed by atoms with Crippen molar-refractivity contribution in [2.24, 2.45) is 16.6 Å².